The van der Waals surface area contributed by atoms with Crippen molar-refractivity contribution in [3.8, 4) is 0 Å². The molecule has 0 aliphatic carbocycles. The minimum atomic E-state index is -0.309. The maximum absolute atomic E-state index is 12.1. The Kier molecular flexibility index (Phi) is 2.94. The summed E-state index contributed by atoms with van der Waals surface area (Å²) < 4.78 is 1.29. The Labute approximate surface area is 130 Å². The van der Waals surface area contributed by atoms with E-state index in [1.807, 2.05) is 30.3 Å². The monoisotopic (exact) mass is 310 g/mol. The third-order valence-electron chi connectivity index (χ3n) is 3.51. The van der Waals surface area contributed by atoms with Crippen LogP contribution in [0.2, 0.25) is 5.02 Å². The summed E-state index contributed by atoms with van der Waals surface area (Å²) in [5.74, 6) is 0.601. The zero-order valence-corrected chi connectivity index (χ0v) is 12.2. The van der Waals surface area contributed by atoms with Crippen molar-refractivity contribution in [1.82, 2.24) is 19.6 Å². The molecule has 0 radical (unpaired) electrons. The summed E-state index contributed by atoms with van der Waals surface area (Å²) >= 11 is 6.05. The van der Waals surface area contributed by atoms with Gasteiger partial charge in [-0.2, -0.15) is 4.52 Å². The highest BCUT2D eigenvalue weighted by Crippen LogP contribution is 2.20. The summed E-state index contributed by atoms with van der Waals surface area (Å²) in [4.78, 5) is 19.4. The van der Waals surface area contributed by atoms with E-state index in [-0.39, 0.29) is 5.69 Å². The van der Waals surface area contributed by atoms with Crippen LogP contribution in [0.15, 0.2) is 53.3 Å². The predicted molar refractivity (Wildman–Crippen MR) is 85.4 cm³/mol. The minimum Gasteiger partial charge on any atom is -0.305 e. The van der Waals surface area contributed by atoms with Crippen LogP contribution >= 0.6 is 11.6 Å². The van der Waals surface area contributed by atoms with Crippen LogP contribution in [0.1, 0.15) is 11.4 Å². The summed E-state index contributed by atoms with van der Waals surface area (Å²) in [6.07, 6.45) is 0.573. The van der Waals surface area contributed by atoms with Crippen LogP contribution in [0.25, 0.3) is 16.6 Å². The fourth-order valence-corrected chi connectivity index (χ4v) is 2.67. The van der Waals surface area contributed by atoms with Gasteiger partial charge in [-0.3, -0.25) is 0 Å². The number of halogens is 1. The van der Waals surface area contributed by atoms with Crippen molar-refractivity contribution in [2.45, 2.75) is 6.42 Å². The number of fused-ring (bicyclic) bond motifs is 3. The first-order chi connectivity index (χ1) is 10.7. The number of nitrogens with one attached hydrogen (secondary N) is 1. The van der Waals surface area contributed by atoms with Crippen molar-refractivity contribution in [2.24, 2.45) is 0 Å². The van der Waals surface area contributed by atoms with Crippen molar-refractivity contribution in [3.05, 3.63) is 75.4 Å². The molecule has 0 atom stereocenters. The van der Waals surface area contributed by atoms with Gasteiger partial charge in [0.2, 0.25) is 0 Å². The SMILES string of the molecule is O=c1[nH]c2ccc(Cl)cc2c2nc(Cc3ccccc3)nn12. The van der Waals surface area contributed by atoms with Gasteiger partial charge in [0.15, 0.2) is 11.5 Å². The normalized spacial score (nSPS) is 11.3. The van der Waals surface area contributed by atoms with Crippen molar-refractivity contribution in [2.75, 3.05) is 0 Å². The fourth-order valence-electron chi connectivity index (χ4n) is 2.50. The summed E-state index contributed by atoms with van der Waals surface area (Å²) in [6, 6.07) is 15.2. The zero-order valence-electron chi connectivity index (χ0n) is 11.5. The molecule has 0 aliphatic heterocycles. The molecule has 6 heteroatoms. The molecule has 2 aromatic heterocycles. The van der Waals surface area contributed by atoms with Gasteiger partial charge in [0, 0.05) is 16.8 Å². The van der Waals surface area contributed by atoms with Gasteiger partial charge >= 0.3 is 5.69 Å². The molecule has 2 heterocycles. The van der Waals surface area contributed by atoms with Crippen molar-refractivity contribution < 1.29 is 0 Å². The number of hydrogen-bond donors (Lipinski definition) is 1. The molecular weight excluding hydrogens is 300 g/mol. The molecule has 0 saturated heterocycles. The van der Waals surface area contributed by atoms with E-state index in [1.165, 1.54) is 4.52 Å². The third kappa shape index (κ3) is 2.16. The number of benzene rings is 2. The molecule has 2 aromatic carbocycles. The van der Waals surface area contributed by atoms with E-state index in [0.29, 0.717) is 28.4 Å². The summed E-state index contributed by atoms with van der Waals surface area (Å²) in [6.45, 7) is 0. The van der Waals surface area contributed by atoms with E-state index in [4.69, 9.17) is 11.6 Å². The van der Waals surface area contributed by atoms with E-state index in [1.54, 1.807) is 18.2 Å². The summed E-state index contributed by atoms with van der Waals surface area (Å²) in [7, 11) is 0. The van der Waals surface area contributed by atoms with Gasteiger partial charge in [0.25, 0.3) is 0 Å². The number of aromatic amines is 1. The topological polar surface area (TPSA) is 63.0 Å². The van der Waals surface area contributed by atoms with Crippen molar-refractivity contribution >= 4 is 28.2 Å². The Morgan fingerprint density at radius 2 is 1.95 bits per heavy atom. The molecule has 0 aliphatic rings. The molecule has 5 nitrogen and oxygen atoms in total. The maximum Gasteiger partial charge on any atom is 0.348 e. The minimum absolute atomic E-state index is 0.309. The second-order valence-electron chi connectivity index (χ2n) is 5.05. The lowest BCUT2D eigenvalue weighted by atomic mass is 10.1. The summed E-state index contributed by atoms with van der Waals surface area (Å²) in [5.41, 5.74) is 2.00. The Hall–Kier alpha value is -2.66. The molecule has 4 rings (SSSR count). The van der Waals surface area contributed by atoms with Crippen LogP contribution in [0.4, 0.5) is 0 Å². The van der Waals surface area contributed by atoms with Crippen LogP contribution in [-0.2, 0) is 6.42 Å². The molecule has 1 N–H and O–H groups in total. The highest BCUT2D eigenvalue weighted by atomic mass is 35.5. The van der Waals surface area contributed by atoms with Gasteiger partial charge in [0.05, 0.1) is 5.52 Å². The summed E-state index contributed by atoms with van der Waals surface area (Å²) in [5, 5.41) is 5.67. The lowest BCUT2D eigenvalue weighted by Crippen LogP contribution is -2.17. The highest BCUT2D eigenvalue weighted by Gasteiger charge is 2.11. The molecule has 0 unspecified atom stereocenters. The van der Waals surface area contributed by atoms with Crippen LogP contribution in [0.5, 0.6) is 0 Å². The molecule has 0 saturated carbocycles. The standard InChI is InChI=1S/C16H11ClN4O/c17-11-6-7-13-12(9-11)15-19-14(20-21(15)16(22)18-13)8-10-4-2-1-3-5-10/h1-7,9H,8H2,(H,18,22). The van der Waals surface area contributed by atoms with E-state index >= 15 is 0 Å². The van der Waals surface area contributed by atoms with E-state index in [0.717, 1.165) is 10.9 Å². The molecule has 0 fully saturated rings. The molecule has 22 heavy (non-hydrogen) atoms. The van der Waals surface area contributed by atoms with Gasteiger partial charge in [-0.25, -0.2) is 9.78 Å². The molecule has 0 amide bonds. The van der Waals surface area contributed by atoms with Gasteiger partial charge in [0.1, 0.15) is 0 Å². The Balaban J connectivity index is 1.93. The van der Waals surface area contributed by atoms with Crippen LogP contribution in [-0.4, -0.2) is 19.6 Å². The largest absolute Gasteiger partial charge is 0.348 e. The average molecular weight is 311 g/mol. The number of H-pyrrole nitrogens is 1. The van der Waals surface area contributed by atoms with Gasteiger partial charge < -0.3 is 4.98 Å². The van der Waals surface area contributed by atoms with Crippen molar-refractivity contribution in [3.63, 3.8) is 0 Å². The van der Waals surface area contributed by atoms with E-state index < -0.39 is 0 Å². The number of nitrogens with zero attached hydrogens (tertiary/aromatic N) is 3. The van der Waals surface area contributed by atoms with Crippen LogP contribution in [0, 0.1) is 0 Å². The lowest BCUT2D eigenvalue weighted by molar-refractivity contribution is 0.847. The lowest BCUT2D eigenvalue weighted by Gasteiger charge is -1.99. The van der Waals surface area contributed by atoms with Crippen LogP contribution < -0.4 is 5.69 Å². The first kappa shape index (κ1) is 13.0. The second-order valence-corrected chi connectivity index (χ2v) is 5.48. The van der Waals surface area contributed by atoms with Crippen LogP contribution in [0.3, 0.4) is 0 Å². The van der Waals surface area contributed by atoms with Gasteiger partial charge in [-0.1, -0.05) is 41.9 Å². The quantitative estimate of drug-likeness (QED) is 0.619. The maximum atomic E-state index is 12.1. The fraction of sp³-hybridized carbons (Fsp3) is 0.0625. The highest BCUT2D eigenvalue weighted by molar-refractivity contribution is 6.31. The first-order valence-electron chi connectivity index (χ1n) is 6.82. The smallest absolute Gasteiger partial charge is 0.305 e. The molecule has 108 valence electrons. The Morgan fingerprint density at radius 3 is 2.77 bits per heavy atom. The average Bonchev–Trinajstić information content (AvgIpc) is 2.94. The number of aromatic nitrogens is 4. The first-order valence-corrected chi connectivity index (χ1v) is 7.19. The molecular formula is C16H11ClN4O. The molecule has 4 aromatic rings. The third-order valence-corrected chi connectivity index (χ3v) is 3.75. The predicted octanol–water partition coefficient (Wildman–Crippen LogP) is 2.82. The number of rotatable bonds is 2. The van der Waals surface area contributed by atoms with E-state index in [9.17, 15) is 4.79 Å². The Bertz CT molecular complexity index is 1040. The van der Waals surface area contributed by atoms with Gasteiger partial charge in [-0.15, -0.1) is 5.10 Å². The van der Waals surface area contributed by atoms with E-state index in [2.05, 4.69) is 15.1 Å². The molecule has 0 bridgehead atoms. The number of hydrogen-bond acceptors (Lipinski definition) is 3. The Morgan fingerprint density at radius 1 is 1.14 bits per heavy atom. The second kappa shape index (κ2) is 4.96. The molecule has 0 spiro atoms. The zero-order chi connectivity index (χ0) is 15.1. The van der Waals surface area contributed by atoms with Crippen molar-refractivity contribution in [1.29, 1.82) is 0 Å². The van der Waals surface area contributed by atoms with Gasteiger partial charge in [-0.05, 0) is 23.8 Å².